The smallest absolute Gasteiger partial charge is 0.0774 e. The van der Waals surface area contributed by atoms with E-state index in [9.17, 15) is 10.2 Å². The van der Waals surface area contributed by atoms with Crippen LogP contribution in [0.4, 0.5) is 0 Å². The number of hydrogen-bond acceptors (Lipinski definition) is 4. The Balaban J connectivity index is 2.08. The topological polar surface area (TPSA) is 58.9 Å². The van der Waals surface area contributed by atoms with Gasteiger partial charge in [0.15, 0.2) is 0 Å². The zero-order valence-corrected chi connectivity index (χ0v) is 10.8. The van der Waals surface area contributed by atoms with Crippen LogP contribution in [0.2, 0.25) is 0 Å². The van der Waals surface area contributed by atoms with Gasteiger partial charge in [0.05, 0.1) is 32.0 Å². The molecule has 0 saturated heterocycles. The molecule has 0 aliphatic heterocycles. The lowest BCUT2D eigenvalue weighted by Crippen LogP contribution is -2.20. The Kier molecular flexibility index (Phi) is 7.60. The van der Waals surface area contributed by atoms with Crippen LogP contribution in [-0.2, 0) is 16.1 Å². The van der Waals surface area contributed by atoms with E-state index in [1.54, 1.807) is 7.11 Å². The van der Waals surface area contributed by atoms with Crippen molar-refractivity contribution in [3.05, 3.63) is 35.9 Å². The lowest BCUT2D eigenvalue weighted by atomic mass is 10.1. The van der Waals surface area contributed by atoms with Gasteiger partial charge in [-0.05, 0) is 18.4 Å². The summed E-state index contributed by atoms with van der Waals surface area (Å²) in [5.74, 6) is 0. The van der Waals surface area contributed by atoms with Gasteiger partial charge in [-0.1, -0.05) is 30.3 Å². The Morgan fingerprint density at radius 3 is 2.22 bits per heavy atom. The van der Waals surface area contributed by atoms with Gasteiger partial charge in [-0.25, -0.2) is 0 Å². The first-order valence-electron chi connectivity index (χ1n) is 6.19. The minimum Gasteiger partial charge on any atom is -0.391 e. The highest BCUT2D eigenvalue weighted by atomic mass is 16.5. The van der Waals surface area contributed by atoms with E-state index in [0.29, 0.717) is 26.1 Å². The van der Waals surface area contributed by atoms with Crippen molar-refractivity contribution in [1.82, 2.24) is 0 Å². The average molecular weight is 254 g/mol. The summed E-state index contributed by atoms with van der Waals surface area (Å²) in [6.45, 7) is 1.09. The van der Waals surface area contributed by atoms with Crippen LogP contribution < -0.4 is 0 Å². The number of methoxy groups -OCH3 is 1. The largest absolute Gasteiger partial charge is 0.391 e. The van der Waals surface area contributed by atoms with Gasteiger partial charge < -0.3 is 19.7 Å². The molecule has 1 aromatic rings. The highest BCUT2D eigenvalue weighted by Gasteiger charge is 2.09. The maximum Gasteiger partial charge on any atom is 0.0774 e. The third-order valence-corrected chi connectivity index (χ3v) is 2.61. The van der Waals surface area contributed by atoms with Gasteiger partial charge in [0, 0.05) is 7.11 Å². The Labute approximate surface area is 108 Å². The maximum atomic E-state index is 9.67. The molecule has 0 fully saturated rings. The molecule has 1 rings (SSSR count). The van der Waals surface area contributed by atoms with Gasteiger partial charge in [0.2, 0.25) is 0 Å². The summed E-state index contributed by atoms with van der Waals surface area (Å²) >= 11 is 0. The summed E-state index contributed by atoms with van der Waals surface area (Å²) in [7, 11) is 1.54. The second kappa shape index (κ2) is 9.05. The number of aliphatic hydroxyl groups is 2. The Hall–Kier alpha value is -0.940. The van der Waals surface area contributed by atoms with Gasteiger partial charge in [0.25, 0.3) is 0 Å². The molecule has 0 aromatic heterocycles. The molecule has 1 aromatic carbocycles. The van der Waals surface area contributed by atoms with Gasteiger partial charge >= 0.3 is 0 Å². The second-order valence-corrected chi connectivity index (χ2v) is 4.34. The van der Waals surface area contributed by atoms with Crippen LogP contribution >= 0.6 is 0 Å². The molecule has 0 amide bonds. The van der Waals surface area contributed by atoms with Gasteiger partial charge in [0.1, 0.15) is 0 Å². The summed E-state index contributed by atoms with van der Waals surface area (Å²) in [4.78, 5) is 0. The quantitative estimate of drug-likeness (QED) is 0.698. The monoisotopic (exact) mass is 254 g/mol. The fraction of sp³-hybridized carbons (Fsp3) is 0.571. The van der Waals surface area contributed by atoms with E-state index in [0.717, 1.165) is 5.56 Å². The Bertz CT molecular complexity index is 302. The van der Waals surface area contributed by atoms with Crippen LogP contribution in [0.3, 0.4) is 0 Å². The maximum absolute atomic E-state index is 9.67. The van der Waals surface area contributed by atoms with E-state index in [-0.39, 0.29) is 6.61 Å². The summed E-state index contributed by atoms with van der Waals surface area (Å²) in [6.07, 6.45) is -0.0257. The van der Waals surface area contributed by atoms with E-state index < -0.39 is 12.2 Å². The molecule has 0 saturated carbocycles. The standard InChI is InChI=1S/C14H22O4/c1-17-10-13(15)7-8-14(16)11-18-9-12-5-3-2-4-6-12/h2-6,13-16H,7-11H2,1H3. The lowest BCUT2D eigenvalue weighted by Gasteiger charge is -2.14. The summed E-state index contributed by atoms with van der Waals surface area (Å²) in [6, 6.07) is 9.82. The number of aliphatic hydroxyl groups excluding tert-OH is 2. The van der Waals surface area contributed by atoms with Crippen molar-refractivity contribution in [2.75, 3.05) is 20.3 Å². The normalized spacial score (nSPS) is 14.4. The minimum absolute atomic E-state index is 0.286. The van der Waals surface area contributed by atoms with Gasteiger partial charge in [-0.15, -0.1) is 0 Å². The first-order chi connectivity index (χ1) is 8.72. The van der Waals surface area contributed by atoms with Crippen molar-refractivity contribution in [2.24, 2.45) is 0 Å². The molecule has 2 unspecified atom stereocenters. The molecule has 0 radical (unpaired) electrons. The molecule has 0 bridgehead atoms. The van der Waals surface area contributed by atoms with Crippen LogP contribution in [-0.4, -0.2) is 42.7 Å². The highest BCUT2D eigenvalue weighted by molar-refractivity contribution is 5.13. The van der Waals surface area contributed by atoms with Crippen molar-refractivity contribution < 1.29 is 19.7 Å². The molecule has 0 heterocycles. The molecule has 2 N–H and O–H groups in total. The minimum atomic E-state index is -0.541. The number of benzene rings is 1. The molecule has 0 aliphatic rings. The highest BCUT2D eigenvalue weighted by Crippen LogP contribution is 2.05. The average Bonchev–Trinajstić information content (AvgIpc) is 2.38. The Morgan fingerprint density at radius 1 is 1.00 bits per heavy atom. The van der Waals surface area contributed by atoms with Crippen LogP contribution in [0.25, 0.3) is 0 Å². The summed E-state index contributed by atoms with van der Waals surface area (Å²) in [5.41, 5.74) is 1.09. The van der Waals surface area contributed by atoms with Crippen molar-refractivity contribution in [2.45, 2.75) is 31.7 Å². The fourth-order valence-electron chi connectivity index (χ4n) is 1.63. The van der Waals surface area contributed by atoms with E-state index >= 15 is 0 Å². The molecular weight excluding hydrogens is 232 g/mol. The predicted molar refractivity (Wildman–Crippen MR) is 69.2 cm³/mol. The van der Waals surface area contributed by atoms with Crippen LogP contribution in [0.1, 0.15) is 18.4 Å². The third kappa shape index (κ3) is 6.71. The molecule has 4 nitrogen and oxygen atoms in total. The van der Waals surface area contributed by atoms with Gasteiger partial charge in [-0.3, -0.25) is 0 Å². The van der Waals surface area contributed by atoms with E-state index in [1.807, 2.05) is 30.3 Å². The third-order valence-electron chi connectivity index (χ3n) is 2.61. The Morgan fingerprint density at radius 2 is 1.61 bits per heavy atom. The fourth-order valence-corrected chi connectivity index (χ4v) is 1.63. The molecule has 2 atom stereocenters. The van der Waals surface area contributed by atoms with Gasteiger partial charge in [-0.2, -0.15) is 0 Å². The van der Waals surface area contributed by atoms with E-state index in [4.69, 9.17) is 9.47 Å². The molecule has 18 heavy (non-hydrogen) atoms. The van der Waals surface area contributed by atoms with Crippen molar-refractivity contribution >= 4 is 0 Å². The first kappa shape index (κ1) is 15.1. The predicted octanol–water partition coefficient (Wildman–Crippen LogP) is 1.35. The lowest BCUT2D eigenvalue weighted by molar-refractivity contribution is 0.00732. The van der Waals surface area contributed by atoms with E-state index in [1.165, 1.54) is 0 Å². The molecular formula is C14H22O4. The zero-order valence-electron chi connectivity index (χ0n) is 10.8. The summed E-state index contributed by atoms with van der Waals surface area (Å²) < 4.78 is 10.2. The molecule has 102 valence electrons. The zero-order chi connectivity index (χ0) is 13.2. The molecule has 0 aliphatic carbocycles. The van der Waals surface area contributed by atoms with Crippen molar-refractivity contribution in [3.63, 3.8) is 0 Å². The number of ether oxygens (including phenoxy) is 2. The van der Waals surface area contributed by atoms with Crippen LogP contribution in [0.5, 0.6) is 0 Å². The second-order valence-electron chi connectivity index (χ2n) is 4.34. The van der Waals surface area contributed by atoms with Crippen LogP contribution in [0.15, 0.2) is 30.3 Å². The first-order valence-corrected chi connectivity index (χ1v) is 6.19. The SMILES string of the molecule is COCC(O)CCC(O)COCc1ccccc1. The number of rotatable bonds is 9. The molecule has 4 heteroatoms. The summed E-state index contributed by atoms with van der Waals surface area (Å²) in [5, 5.41) is 19.1. The van der Waals surface area contributed by atoms with Crippen molar-refractivity contribution in [1.29, 1.82) is 0 Å². The number of hydrogen-bond donors (Lipinski definition) is 2. The van der Waals surface area contributed by atoms with Crippen LogP contribution in [0, 0.1) is 0 Å². The molecule has 0 spiro atoms. The van der Waals surface area contributed by atoms with E-state index in [2.05, 4.69) is 0 Å². The van der Waals surface area contributed by atoms with Crippen molar-refractivity contribution in [3.8, 4) is 0 Å².